The van der Waals surface area contributed by atoms with E-state index in [4.69, 9.17) is 0 Å². The highest BCUT2D eigenvalue weighted by molar-refractivity contribution is 7.92. The summed E-state index contributed by atoms with van der Waals surface area (Å²) >= 11 is 0. The lowest BCUT2D eigenvalue weighted by Crippen LogP contribution is -2.29. The van der Waals surface area contributed by atoms with Gasteiger partial charge in [0, 0.05) is 18.7 Å². The number of nitro benzene ring substituents is 1. The van der Waals surface area contributed by atoms with Crippen LogP contribution in [0.3, 0.4) is 0 Å². The monoisotopic (exact) mass is 244 g/mol. The molecule has 0 N–H and O–H groups in total. The highest BCUT2D eigenvalue weighted by Crippen LogP contribution is 2.22. The maximum absolute atomic E-state index is 11.4. The van der Waals surface area contributed by atoms with Crippen molar-refractivity contribution in [3.05, 3.63) is 34.4 Å². The van der Waals surface area contributed by atoms with Crippen LogP contribution >= 0.6 is 0 Å². The fourth-order valence-electron chi connectivity index (χ4n) is 1.37. The summed E-state index contributed by atoms with van der Waals surface area (Å²) < 4.78 is 23.9. The summed E-state index contributed by atoms with van der Waals surface area (Å²) in [7, 11) is -3.40. The third-order valence-corrected chi connectivity index (χ3v) is 3.29. The average Bonchev–Trinajstić information content (AvgIpc) is 2.17. The van der Waals surface area contributed by atoms with Gasteiger partial charge in [0.2, 0.25) is 10.0 Å². The van der Waals surface area contributed by atoms with E-state index in [1.807, 2.05) is 0 Å². The van der Waals surface area contributed by atoms with Crippen LogP contribution < -0.4 is 4.31 Å². The molecule has 0 spiro atoms. The molecule has 0 saturated heterocycles. The van der Waals surface area contributed by atoms with Gasteiger partial charge in [0.1, 0.15) is 0 Å². The lowest BCUT2D eigenvalue weighted by molar-refractivity contribution is -0.384. The molecule has 1 rings (SSSR count). The quantitative estimate of drug-likeness (QED) is 0.592. The van der Waals surface area contributed by atoms with Crippen LogP contribution in [0.4, 0.5) is 11.4 Å². The Bertz CT molecular complexity index is 498. The first kappa shape index (κ1) is 12.4. The molecule has 0 aliphatic carbocycles. The van der Waals surface area contributed by atoms with Gasteiger partial charge in [0.05, 0.1) is 16.9 Å². The molecule has 0 bridgehead atoms. The van der Waals surface area contributed by atoms with Gasteiger partial charge in [-0.3, -0.25) is 14.4 Å². The Labute approximate surface area is 93.7 Å². The minimum Gasteiger partial charge on any atom is -0.271 e. The second-order valence-electron chi connectivity index (χ2n) is 3.20. The molecule has 1 aromatic rings. The van der Waals surface area contributed by atoms with Gasteiger partial charge in [-0.15, -0.1) is 0 Å². The number of non-ortho nitro benzene ring substituents is 1. The predicted octanol–water partition coefficient (Wildman–Crippen LogP) is 1.38. The lowest BCUT2D eigenvalue weighted by atomic mass is 10.3. The molecule has 0 fully saturated rings. The van der Waals surface area contributed by atoms with Gasteiger partial charge in [0.25, 0.3) is 5.69 Å². The maximum Gasteiger partial charge on any atom is 0.271 e. The molecular formula is C9H12N2O4S. The SMILES string of the molecule is CCN(c1cccc([N+](=O)[O-])c1)S(C)(=O)=O. The summed E-state index contributed by atoms with van der Waals surface area (Å²) in [6.45, 7) is 1.90. The lowest BCUT2D eigenvalue weighted by Gasteiger charge is -2.19. The van der Waals surface area contributed by atoms with E-state index in [0.29, 0.717) is 5.69 Å². The van der Waals surface area contributed by atoms with E-state index in [0.717, 1.165) is 10.6 Å². The van der Waals surface area contributed by atoms with E-state index >= 15 is 0 Å². The van der Waals surface area contributed by atoms with Gasteiger partial charge in [0.15, 0.2) is 0 Å². The van der Waals surface area contributed by atoms with Crippen molar-refractivity contribution in [2.45, 2.75) is 6.92 Å². The Morgan fingerprint density at radius 3 is 2.50 bits per heavy atom. The van der Waals surface area contributed by atoms with E-state index in [2.05, 4.69) is 0 Å². The molecule has 0 radical (unpaired) electrons. The van der Waals surface area contributed by atoms with Crippen LogP contribution in [0.2, 0.25) is 0 Å². The van der Waals surface area contributed by atoms with E-state index in [9.17, 15) is 18.5 Å². The smallest absolute Gasteiger partial charge is 0.271 e. The predicted molar refractivity (Wildman–Crippen MR) is 61.0 cm³/mol. The van der Waals surface area contributed by atoms with E-state index in [1.165, 1.54) is 24.3 Å². The first-order valence-electron chi connectivity index (χ1n) is 4.58. The van der Waals surface area contributed by atoms with Crippen molar-refractivity contribution in [3.8, 4) is 0 Å². The van der Waals surface area contributed by atoms with Crippen molar-refractivity contribution in [2.75, 3.05) is 17.1 Å². The molecule has 16 heavy (non-hydrogen) atoms. The first-order valence-corrected chi connectivity index (χ1v) is 6.43. The normalized spacial score (nSPS) is 11.1. The molecule has 0 aromatic heterocycles. The van der Waals surface area contributed by atoms with Gasteiger partial charge in [-0.2, -0.15) is 0 Å². The molecule has 88 valence electrons. The highest BCUT2D eigenvalue weighted by Gasteiger charge is 2.17. The number of rotatable bonds is 4. The third kappa shape index (κ3) is 2.69. The van der Waals surface area contributed by atoms with Gasteiger partial charge in [-0.25, -0.2) is 8.42 Å². The third-order valence-electron chi connectivity index (χ3n) is 2.02. The van der Waals surface area contributed by atoms with Crippen molar-refractivity contribution in [1.82, 2.24) is 0 Å². The van der Waals surface area contributed by atoms with E-state index < -0.39 is 14.9 Å². The zero-order valence-corrected chi connectivity index (χ0v) is 9.77. The van der Waals surface area contributed by atoms with E-state index in [1.54, 1.807) is 6.92 Å². The van der Waals surface area contributed by atoms with Crippen LogP contribution in [-0.2, 0) is 10.0 Å². The van der Waals surface area contributed by atoms with Crippen molar-refractivity contribution in [1.29, 1.82) is 0 Å². The molecule has 7 heteroatoms. The number of anilines is 1. The van der Waals surface area contributed by atoms with Gasteiger partial charge in [-0.1, -0.05) is 6.07 Å². The molecule has 0 atom stereocenters. The summed E-state index contributed by atoms with van der Waals surface area (Å²) in [5.74, 6) is 0. The first-order chi connectivity index (χ1) is 7.36. The fourth-order valence-corrected chi connectivity index (χ4v) is 2.34. The van der Waals surface area contributed by atoms with Crippen molar-refractivity contribution in [3.63, 3.8) is 0 Å². The summed E-state index contributed by atoms with van der Waals surface area (Å²) in [4.78, 5) is 10.00. The second kappa shape index (κ2) is 4.48. The summed E-state index contributed by atoms with van der Waals surface area (Å²) in [5, 5.41) is 10.6. The van der Waals surface area contributed by atoms with Gasteiger partial charge in [-0.05, 0) is 13.0 Å². The molecule has 0 unspecified atom stereocenters. The van der Waals surface area contributed by atoms with Crippen LogP contribution in [0.1, 0.15) is 6.92 Å². The number of hydrogen-bond donors (Lipinski definition) is 0. The Kier molecular flexibility index (Phi) is 3.48. The molecule has 6 nitrogen and oxygen atoms in total. The zero-order valence-electron chi connectivity index (χ0n) is 8.95. The molecule has 0 amide bonds. The number of nitrogens with zero attached hydrogens (tertiary/aromatic N) is 2. The Balaban J connectivity index is 3.22. The largest absolute Gasteiger partial charge is 0.271 e. The minimum atomic E-state index is -3.40. The van der Waals surface area contributed by atoms with Crippen LogP contribution in [-0.4, -0.2) is 26.1 Å². The van der Waals surface area contributed by atoms with Crippen molar-refractivity contribution < 1.29 is 13.3 Å². The van der Waals surface area contributed by atoms with Gasteiger partial charge < -0.3 is 0 Å². The van der Waals surface area contributed by atoms with Crippen LogP contribution in [0.5, 0.6) is 0 Å². The zero-order chi connectivity index (χ0) is 12.3. The maximum atomic E-state index is 11.4. The number of hydrogen-bond acceptors (Lipinski definition) is 4. The van der Waals surface area contributed by atoms with Crippen LogP contribution in [0.15, 0.2) is 24.3 Å². The fraction of sp³-hybridized carbons (Fsp3) is 0.333. The standard InChI is InChI=1S/C9H12N2O4S/c1-3-10(16(2,14)15)8-5-4-6-9(7-8)11(12)13/h4-7H,3H2,1-2H3. The molecule has 0 heterocycles. The van der Waals surface area contributed by atoms with Crippen LogP contribution in [0, 0.1) is 10.1 Å². The Morgan fingerprint density at radius 2 is 2.06 bits per heavy atom. The second-order valence-corrected chi connectivity index (χ2v) is 5.11. The number of nitro groups is 1. The van der Waals surface area contributed by atoms with E-state index in [-0.39, 0.29) is 12.2 Å². The van der Waals surface area contributed by atoms with Crippen LogP contribution in [0.25, 0.3) is 0 Å². The molecule has 0 aliphatic heterocycles. The van der Waals surface area contributed by atoms with Crippen molar-refractivity contribution >= 4 is 21.4 Å². The summed E-state index contributed by atoms with van der Waals surface area (Å²) in [5.41, 5.74) is 0.179. The topological polar surface area (TPSA) is 80.5 Å². The number of benzene rings is 1. The summed E-state index contributed by atoms with van der Waals surface area (Å²) in [6.07, 6.45) is 1.06. The molecular weight excluding hydrogens is 232 g/mol. The Morgan fingerprint density at radius 1 is 1.44 bits per heavy atom. The van der Waals surface area contributed by atoms with Crippen molar-refractivity contribution in [2.24, 2.45) is 0 Å². The Hall–Kier alpha value is -1.63. The highest BCUT2D eigenvalue weighted by atomic mass is 32.2. The molecule has 1 aromatic carbocycles. The molecule has 0 saturated carbocycles. The molecule has 0 aliphatic rings. The average molecular weight is 244 g/mol. The number of sulfonamides is 1. The summed E-state index contributed by atoms with van der Waals surface area (Å²) in [6, 6.07) is 5.54. The minimum absolute atomic E-state index is 0.125. The van der Waals surface area contributed by atoms with Gasteiger partial charge >= 0.3 is 0 Å².